The average Bonchev–Trinajstić information content (AvgIpc) is 3.39. The van der Waals surface area contributed by atoms with Gasteiger partial charge in [0.25, 0.3) is 0 Å². The fraction of sp³-hybridized carbons (Fsp3) is 0.414. The van der Waals surface area contributed by atoms with E-state index in [4.69, 9.17) is 9.47 Å². The van der Waals surface area contributed by atoms with Crippen molar-refractivity contribution in [1.29, 1.82) is 5.26 Å². The van der Waals surface area contributed by atoms with Gasteiger partial charge in [-0.2, -0.15) is 5.26 Å². The van der Waals surface area contributed by atoms with Crippen LogP contribution in [-0.2, 0) is 4.74 Å². The van der Waals surface area contributed by atoms with Crippen LogP contribution in [0.15, 0.2) is 48.8 Å². The molecule has 1 aromatic carbocycles. The summed E-state index contributed by atoms with van der Waals surface area (Å²) in [6.07, 6.45) is 3.52. The molecule has 0 saturated carbocycles. The van der Waals surface area contributed by atoms with E-state index in [1.54, 1.807) is 35.5 Å². The van der Waals surface area contributed by atoms with Crippen LogP contribution < -0.4 is 15.0 Å². The normalized spacial score (nSPS) is 15.0. The predicted octanol–water partition coefficient (Wildman–Crippen LogP) is 5.39. The molecule has 1 unspecified atom stereocenters. The summed E-state index contributed by atoms with van der Waals surface area (Å²) in [4.78, 5) is 29.7. The first-order valence-corrected chi connectivity index (χ1v) is 13.2. The molecular formula is C29H35N7O3. The lowest BCUT2D eigenvalue weighted by Gasteiger charge is -2.24. The number of hydrogen-bond donors (Lipinski definition) is 1. The highest BCUT2D eigenvalue weighted by molar-refractivity contribution is 5.69. The second-order valence-electron chi connectivity index (χ2n) is 10.2. The average molecular weight is 530 g/mol. The molecule has 1 saturated heterocycles. The number of rotatable bonds is 8. The molecule has 3 heterocycles. The number of likely N-dealkylation sites (tertiary alicyclic amines) is 1. The Hall–Kier alpha value is -4.39. The van der Waals surface area contributed by atoms with Crippen LogP contribution in [0.5, 0.6) is 5.75 Å². The van der Waals surface area contributed by atoms with Crippen molar-refractivity contribution in [2.24, 2.45) is 0 Å². The van der Waals surface area contributed by atoms with Crippen molar-refractivity contribution in [3.05, 3.63) is 54.4 Å². The highest BCUT2D eigenvalue weighted by Gasteiger charge is 2.31. The number of pyridine rings is 1. The fourth-order valence-electron chi connectivity index (χ4n) is 4.28. The number of carbonyl (C=O) groups is 1. The largest absolute Gasteiger partial charge is 0.487 e. The molecule has 0 radical (unpaired) electrons. The van der Waals surface area contributed by atoms with Crippen LogP contribution in [0.3, 0.4) is 0 Å². The minimum atomic E-state index is -0.553. The molecular weight excluding hydrogens is 494 g/mol. The van der Waals surface area contributed by atoms with E-state index in [1.807, 2.05) is 39.0 Å². The van der Waals surface area contributed by atoms with Gasteiger partial charge in [-0.25, -0.2) is 19.7 Å². The van der Waals surface area contributed by atoms with E-state index in [0.717, 1.165) is 30.2 Å². The van der Waals surface area contributed by atoms with Crippen LogP contribution >= 0.6 is 0 Å². The number of nitriles is 1. The molecule has 1 N–H and O–H groups in total. The zero-order chi connectivity index (χ0) is 28.0. The summed E-state index contributed by atoms with van der Waals surface area (Å²) < 4.78 is 11.6. The smallest absolute Gasteiger partial charge is 0.410 e. The third-order valence-corrected chi connectivity index (χ3v) is 6.23. The van der Waals surface area contributed by atoms with Crippen LogP contribution in [0, 0.1) is 11.3 Å². The van der Waals surface area contributed by atoms with Gasteiger partial charge in [-0.05, 0) is 71.0 Å². The van der Waals surface area contributed by atoms with Crippen molar-refractivity contribution in [1.82, 2.24) is 19.9 Å². The van der Waals surface area contributed by atoms with Crippen LogP contribution in [0.4, 0.5) is 22.2 Å². The Labute approximate surface area is 229 Å². The molecule has 39 heavy (non-hydrogen) atoms. The monoisotopic (exact) mass is 529 g/mol. The molecule has 0 aliphatic carbocycles. The summed E-state index contributed by atoms with van der Waals surface area (Å²) in [5.41, 5.74) is 2.05. The Morgan fingerprint density at radius 1 is 1.18 bits per heavy atom. The summed E-state index contributed by atoms with van der Waals surface area (Å²) in [5.74, 6) is 1.82. The number of carbonyl (C=O) groups excluding carboxylic acids is 1. The number of hydrogen-bond acceptors (Lipinski definition) is 9. The third-order valence-electron chi connectivity index (χ3n) is 6.23. The van der Waals surface area contributed by atoms with Gasteiger partial charge in [0.2, 0.25) is 5.95 Å². The lowest BCUT2D eigenvalue weighted by atomic mass is 10.1. The van der Waals surface area contributed by atoms with Crippen molar-refractivity contribution in [3.8, 4) is 23.1 Å². The maximum absolute atomic E-state index is 12.4. The van der Waals surface area contributed by atoms with E-state index in [1.165, 1.54) is 0 Å². The van der Waals surface area contributed by atoms with Crippen LogP contribution in [0.1, 0.15) is 46.6 Å². The van der Waals surface area contributed by atoms with E-state index in [0.29, 0.717) is 42.5 Å². The number of benzene rings is 1. The van der Waals surface area contributed by atoms with Crippen molar-refractivity contribution in [2.45, 2.75) is 52.7 Å². The number of nitrogens with one attached hydrogen (secondary N) is 1. The summed E-state index contributed by atoms with van der Waals surface area (Å²) in [6.45, 7) is 12.5. The van der Waals surface area contributed by atoms with Crippen LogP contribution in [0.25, 0.3) is 11.3 Å². The molecule has 204 valence electrons. The van der Waals surface area contributed by atoms with E-state index in [-0.39, 0.29) is 12.2 Å². The molecule has 10 nitrogen and oxygen atoms in total. The van der Waals surface area contributed by atoms with Gasteiger partial charge in [0, 0.05) is 37.8 Å². The zero-order valence-electron chi connectivity index (χ0n) is 23.1. The van der Waals surface area contributed by atoms with Gasteiger partial charge in [-0.15, -0.1) is 0 Å². The summed E-state index contributed by atoms with van der Waals surface area (Å²) in [7, 11) is 0. The van der Waals surface area contributed by atoms with Gasteiger partial charge >= 0.3 is 6.09 Å². The lowest BCUT2D eigenvalue weighted by Crippen LogP contribution is -2.36. The third kappa shape index (κ3) is 7.13. The summed E-state index contributed by atoms with van der Waals surface area (Å²) in [6, 6.07) is 13.3. The second-order valence-corrected chi connectivity index (χ2v) is 10.2. The minimum absolute atomic E-state index is 0.216. The Morgan fingerprint density at radius 3 is 2.64 bits per heavy atom. The van der Waals surface area contributed by atoms with E-state index < -0.39 is 5.60 Å². The molecule has 0 bridgehead atoms. The molecule has 1 aliphatic heterocycles. The summed E-state index contributed by atoms with van der Waals surface area (Å²) in [5, 5.41) is 13.0. The first-order chi connectivity index (χ1) is 18.7. The Bertz CT molecular complexity index is 1330. The number of aromatic nitrogens is 3. The van der Waals surface area contributed by atoms with Crippen molar-refractivity contribution in [2.75, 3.05) is 36.4 Å². The van der Waals surface area contributed by atoms with Crippen LogP contribution in [0.2, 0.25) is 0 Å². The number of nitrogens with zero attached hydrogens (tertiary/aromatic N) is 6. The standard InChI is InChI=1S/C29H35N7O3/c1-6-35(7-2)26-11-9-22(18-32-26)33-27-31-14-12-24(34-27)20-8-10-25(21(16-20)17-30)38-23-13-15-36(19-23)28(37)39-29(3,4)5/h8-12,14,16,18,23H,6-7,13,15,19H2,1-5H3,(H,31,33,34). The predicted molar refractivity (Wildman–Crippen MR) is 150 cm³/mol. The summed E-state index contributed by atoms with van der Waals surface area (Å²) >= 11 is 0. The Kier molecular flexibility index (Phi) is 8.49. The maximum atomic E-state index is 12.4. The molecule has 3 aromatic rings. The van der Waals surface area contributed by atoms with E-state index in [2.05, 4.69) is 45.1 Å². The highest BCUT2D eigenvalue weighted by atomic mass is 16.6. The van der Waals surface area contributed by atoms with Crippen LogP contribution in [-0.4, -0.2) is 63.8 Å². The SMILES string of the molecule is CCN(CC)c1ccc(Nc2nccc(-c3ccc(OC4CCN(C(=O)OC(C)(C)C)C4)c(C#N)c3)n2)cn1. The van der Waals surface area contributed by atoms with E-state index in [9.17, 15) is 10.1 Å². The first kappa shape index (κ1) is 27.6. The second kappa shape index (κ2) is 12.0. The molecule has 1 fully saturated rings. The minimum Gasteiger partial charge on any atom is -0.487 e. The number of anilines is 3. The van der Waals surface area contributed by atoms with E-state index >= 15 is 0 Å². The highest BCUT2D eigenvalue weighted by Crippen LogP contribution is 2.28. The van der Waals surface area contributed by atoms with Gasteiger partial charge in [-0.1, -0.05) is 0 Å². The van der Waals surface area contributed by atoms with Gasteiger partial charge in [0.15, 0.2) is 0 Å². The molecule has 0 spiro atoms. The number of amides is 1. The zero-order valence-corrected chi connectivity index (χ0v) is 23.1. The van der Waals surface area contributed by atoms with Gasteiger partial charge in [0.1, 0.15) is 29.3 Å². The fourth-order valence-corrected chi connectivity index (χ4v) is 4.28. The topological polar surface area (TPSA) is 116 Å². The van der Waals surface area contributed by atoms with Gasteiger partial charge in [-0.3, -0.25) is 0 Å². The molecule has 1 aliphatic rings. The van der Waals surface area contributed by atoms with Gasteiger partial charge in [0.05, 0.1) is 29.7 Å². The molecule has 1 atom stereocenters. The van der Waals surface area contributed by atoms with Crippen molar-refractivity contribution in [3.63, 3.8) is 0 Å². The Morgan fingerprint density at radius 2 is 1.97 bits per heavy atom. The Balaban J connectivity index is 1.43. The lowest BCUT2D eigenvalue weighted by molar-refractivity contribution is 0.0275. The molecule has 2 aromatic heterocycles. The number of ether oxygens (including phenoxy) is 2. The first-order valence-electron chi connectivity index (χ1n) is 13.2. The molecule has 1 amide bonds. The molecule has 4 rings (SSSR count). The van der Waals surface area contributed by atoms with Gasteiger partial charge < -0.3 is 24.6 Å². The molecule has 10 heteroatoms. The van der Waals surface area contributed by atoms with Crippen molar-refractivity contribution < 1.29 is 14.3 Å². The van der Waals surface area contributed by atoms with Crippen molar-refractivity contribution >= 4 is 23.5 Å². The quantitative estimate of drug-likeness (QED) is 0.410. The maximum Gasteiger partial charge on any atom is 0.410 e.